The molecule has 1 radical (unpaired) electrons. The summed E-state index contributed by atoms with van der Waals surface area (Å²) >= 11 is 0. The number of carbonyl (C=O) groups is 4. The second-order valence-electron chi connectivity index (χ2n) is 5.69. The first-order chi connectivity index (χ1) is 13.2. The van der Waals surface area contributed by atoms with Crippen LogP contribution in [0.1, 0.15) is 34.6 Å². The zero-order chi connectivity index (χ0) is 21.1. The predicted molar refractivity (Wildman–Crippen MR) is 99.1 cm³/mol. The Hall–Kier alpha value is -3.28. The van der Waals surface area contributed by atoms with Crippen molar-refractivity contribution in [1.82, 2.24) is 0 Å². The van der Waals surface area contributed by atoms with E-state index in [1.54, 1.807) is 60.7 Å². The van der Waals surface area contributed by atoms with Crippen LogP contribution in [0, 0.1) is 0 Å². The number of aliphatic carboxylic acids is 2. The van der Waals surface area contributed by atoms with E-state index in [-0.39, 0.29) is 39.8 Å². The number of ketones is 2. The molecule has 2 rings (SSSR count). The topological polar surface area (TPSA) is 114 Å². The summed E-state index contributed by atoms with van der Waals surface area (Å²) < 4.78 is 0. The molecule has 0 saturated carbocycles. The van der Waals surface area contributed by atoms with Gasteiger partial charge in [0.1, 0.15) is 0 Å². The summed E-state index contributed by atoms with van der Waals surface area (Å²) in [4.78, 5) is 43.5. The van der Waals surface area contributed by atoms with Gasteiger partial charge in [-0.25, -0.2) is 0 Å². The number of hydrogen-bond donors (Lipinski definition) is 0. The molecule has 2 aromatic rings. The number of rotatable bonds is 6. The second-order valence-corrected chi connectivity index (χ2v) is 5.69. The van der Waals surface area contributed by atoms with Crippen molar-refractivity contribution in [3.8, 4) is 0 Å². The maximum absolute atomic E-state index is 11.4. The maximum Gasteiger partial charge on any atom is 2.00 e. The fourth-order valence-corrected chi connectivity index (χ4v) is 1.88. The van der Waals surface area contributed by atoms with Crippen LogP contribution in [0.3, 0.4) is 0 Å². The molecule has 0 aromatic heterocycles. The first kappa shape index (κ1) is 25.7. The molecule has 0 spiro atoms. The van der Waals surface area contributed by atoms with E-state index in [4.69, 9.17) is 0 Å². The van der Waals surface area contributed by atoms with Gasteiger partial charge in [-0.05, 0) is 37.1 Å². The molecule has 7 heteroatoms. The van der Waals surface area contributed by atoms with Crippen LogP contribution in [-0.4, -0.2) is 23.5 Å². The van der Waals surface area contributed by atoms with Crippen LogP contribution in [0.2, 0.25) is 0 Å². The summed E-state index contributed by atoms with van der Waals surface area (Å²) in [5, 5.41) is 20.7. The average molecular weight is 442 g/mol. The normalized spacial score (nSPS) is 10.7. The van der Waals surface area contributed by atoms with E-state index in [0.29, 0.717) is 11.1 Å². The molecule has 0 aliphatic heterocycles. The van der Waals surface area contributed by atoms with Crippen LogP contribution in [0.15, 0.2) is 84.0 Å². The fraction of sp³-hybridized carbons (Fsp3) is 0.0909. The van der Waals surface area contributed by atoms with Crippen LogP contribution in [0.25, 0.3) is 0 Å². The van der Waals surface area contributed by atoms with Gasteiger partial charge in [0.15, 0.2) is 11.6 Å². The molecular formula is C22H18CuO6. The minimum Gasteiger partial charge on any atom is -0.545 e. The Kier molecular flexibility index (Phi) is 11.5. The van der Waals surface area contributed by atoms with Gasteiger partial charge in [0.2, 0.25) is 0 Å². The van der Waals surface area contributed by atoms with Gasteiger partial charge in [-0.2, -0.15) is 0 Å². The van der Waals surface area contributed by atoms with E-state index in [1.807, 2.05) is 0 Å². The van der Waals surface area contributed by atoms with E-state index in [9.17, 15) is 29.4 Å². The Morgan fingerprint density at radius 1 is 0.621 bits per heavy atom. The SMILES string of the molecule is CC(=CC(=O)c1ccccc1)C(=O)[O-].CC(=CC(=O)c1ccccc1)C(=O)[O-].[Cu+2]. The molecule has 0 aliphatic carbocycles. The molecule has 0 fully saturated rings. The molecule has 6 nitrogen and oxygen atoms in total. The molecule has 0 unspecified atom stereocenters. The van der Waals surface area contributed by atoms with Gasteiger partial charge in [0, 0.05) is 11.1 Å². The molecule has 0 saturated heterocycles. The third-order valence-corrected chi connectivity index (χ3v) is 3.46. The number of allylic oxidation sites excluding steroid dienone is 2. The third-order valence-electron chi connectivity index (χ3n) is 3.46. The van der Waals surface area contributed by atoms with Gasteiger partial charge in [0.05, 0.1) is 11.9 Å². The van der Waals surface area contributed by atoms with E-state index in [1.165, 1.54) is 13.8 Å². The first-order valence-corrected chi connectivity index (χ1v) is 8.20. The number of benzene rings is 2. The van der Waals surface area contributed by atoms with Crippen LogP contribution < -0.4 is 10.2 Å². The Bertz CT molecular complexity index is 837. The smallest absolute Gasteiger partial charge is 0.545 e. The average Bonchev–Trinajstić information content (AvgIpc) is 2.69. The Labute approximate surface area is 179 Å². The number of hydrogen-bond acceptors (Lipinski definition) is 6. The minimum atomic E-state index is -1.32. The van der Waals surface area contributed by atoms with Crippen molar-refractivity contribution in [2.45, 2.75) is 13.8 Å². The molecule has 0 bridgehead atoms. The first-order valence-electron chi connectivity index (χ1n) is 8.20. The number of carboxylic acid groups (broad SMARTS) is 2. The third kappa shape index (κ3) is 9.46. The van der Waals surface area contributed by atoms with Crippen LogP contribution in [-0.2, 0) is 26.7 Å². The van der Waals surface area contributed by atoms with Gasteiger partial charge in [-0.1, -0.05) is 60.7 Å². The Balaban J connectivity index is 0.000000523. The maximum atomic E-state index is 11.4. The molecule has 153 valence electrons. The molecule has 0 aliphatic rings. The Morgan fingerprint density at radius 3 is 1.14 bits per heavy atom. The summed E-state index contributed by atoms with van der Waals surface area (Å²) in [5.41, 5.74) is 0.791. The largest absolute Gasteiger partial charge is 2.00 e. The molecule has 0 amide bonds. The molecule has 0 heterocycles. The van der Waals surface area contributed by atoms with E-state index < -0.39 is 11.9 Å². The fourth-order valence-electron chi connectivity index (χ4n) is 1.88. The zero-order valence-corrected chi connectivity index (χ0v) is 16.6. The van der Waals surface area contributed by atoms with Gasteiger partial charge < -0.3 is 19.8 Å². The van der Waals surface area contributed by atoms with Crippen LogP contribution in [0.5, 0.6) is 0 Å². The van der Waals surface area contributed by atoms with Crippen molar-refractivity contribution in [2.75, 3.05) is 0 Å². The quantitative estimate of drug-likeness (QED) is 0.377. The van der Waals surface area contributed by atoms with Crippen molar-refractivity contribution >= 4 is 23.5 Å². The Morgan fingerprint density at radius 2 is 0.897 bits per heavy atom. The monoisotopic (exact) mass is 441 g/mol. The molecule has 0 atom stereocenters. The zero-order valence-electron chi connectivity index (χ0n) is 15.7. The number of carboxylic acids is 2. The van der Waals surface area contributed by atoms with Crippen molar-refractivity contribution in [1.29, 1.82) is 0 Å². The molecule has 29 heavy (non-hydrogen) atoms. The van der Waals surface area contributed by atoms with Crippen LogP contribution >= 0.6 is 0 Å². The summed E-state index contributed by atoms with van der Waals surface area (Å²) in [6.07, 6.45) is 2.12. The van der Waals surface area contributed by atoms with Gasteiger partial charge in [-0.15, -0.1) is 0 Å². The molecule has 0 N–H and O–H groups in total. The van der Waals surface area contributed by atoms with E-state index >= 15 is 0 Å². The van der Waals surface area contributed by atoms with E-state index in [0.717, 1.165) is 12.2 Å². The summed E-state index contributed by atoms with van der Waals surface area (Å²) in [5.74, 6) is -3.30. The molecular weight excluding hydrogens is 424 g/mol. The standard InChI is InChI=1S/2C11H10O3.Cu/c2*1-8(11(13)14)7-10(12)9-5-3-2-4-6-9;/h2*2-7H,1H3,(H,13,14);/q;;+2/p-2. The van der Waals surface area contributed by atoms with Gasteiger partial charge >= 0.3 is 17.1 Å². The molecule has 2 aromatic carbocycles. The minimum absolute atomic E-state index is 0. The van der Waals surface area contributed by atoms with Crippen molar-refractivity contribution < 1.29 is 46.5 Å². The predicted octanol–water partition coefficient (Wildman–Crippen LogP) is 1.13. The van der Waals surface area contributed by atoms with Gasteiger partial charge in [0.25, 0.3) is 0 Å². The van der Waals surface area contributed by atoms with E-state index in [2.05, 4.69) is 0 Å². The summed E-state index contributed by atoms with van der Waals surface area (Å²) in [7, 11) is 0. The van der Waals surface area contributed by atoms with Crippen molar-refractivity contribution in [2.24, 2.45) is 0 Å². The van der Waals surface area contributed by atoms with Crippen LogP contribution in [0.4, 0.5) is 0 Å². The van der Waals surface area contributed by atoms with Crippen molar-refractivity contribution in [3.05, 3.63) is 95.1 Å². The number of carbonyl (C=O) groups excluding carboxylic acids is 4. The summed E-state index contributed by atoms with van der Waals surface area (Å²) in [6, 6.07) is 16.9. The van der Waals surface area contributed by atoms with Gasteiger partial charge in [-0.3, -0.25) is 9.59 Å². The second kappa shape index (κ2) is 13.0. The summed E-state index contributed by atoms with van der Waals surface area (Å²) in [6.45, 7) is 2.66. The van der Waals surface area contributed by atoms with Crippen molar-refractivity contribution in [3.63, 3.8) is 0 Å².